The molecule has 6 heteroatoms. The van der Waals surface area contributed by atoms with Crippen LogP contribution in [0.2, 0.25) is 0 Å². The van der Waals surface area contributed by atoms with Gasteiger partial charge in [0, 0.05) is 29.3 Å². The van der Waals surface area contributed by atoms with E-state index < -0.39 is 6.04 Å². The molecule has 0 spiro atoms. The number of fused-ring (bicyclic) bond motifs is 2. The molecule has 32 heavy (non-hydrogen) atoms. The molecule has 158 valence electrons. The van der Waals surface area contributed by atoms with Crippen LogP contribution in [0.1, 0.15) is 23.6 Å². The van der Waals surface area contributed by atoms with Gasteiger partial charge >= 0.3 is 0 Å². The fourth-order valence-electron chi connectivity index (χ4n) is 3.80. The molecule has 0 unspecified atom stereocenters. The molecule has 1 aliphatic heterocycles. The molecule has 0 amide bonds. The van der Waals surface area contributed by atoms with Crippen LogP contribution in [0, 0.1) is 0 Å². The third-order valence-corrected chi connectivity index (χ3v) is 5.58. The smallest absolute Gasteiger partial charge is 0.162 e. The van der Waals surface area contributed by atoms with E-state index in [1.807, 2.05) is 60.8 Å². The summed E-state index contributed by atoms with van der Waals surface area (Å²) >= 11 is 0. The Kier molecular flexibility index (Phi) is 5.21. The van der Waals surface area contributed by atoms with Crippen LogP contribution in [0.5, 0.6) is 0 Å². The number of hydrogen-bond donors (Lipinski definition) is 2. The second-order valence-electron chi connectivity index (χ2n) is 8.05. The molecule has 0 aliphatic carbocycles. The number of carbonyl (C=O) groups excluding carboxylic acids is 1. The predicted octanol–water partition coefficient (Wildman–Crippen LogP) is 4.43. The largest absolute Gasteiger partial charge is 0.340 e. The van der Waals surface area contributed by atoms with E-state index in [2.05, 4.69) is 22.4 Å². The minimum Gasteiger partial charge on any atom is -0.340 e. The Morgan fingerprint density at radius 3 is 2.81 bits per heavy atom. The highest BCUT2D eigenvalue weighted by molar-refractivity contribution is 5.93. The third kappa shape index (κ3) is 4.00. The monoisotopic (exact) mass is 421 g/mol. The fourth-order valence-corrected chi connectivity index (χ4v) is 3.80. The van der Waals surface area contributed by atoms with Gasteiger partial charge in [-0.1, -0.05) is 36.4 Å². The molecule has 4 aromatic rings. The Hall–Kier alpha value is -3.90. The molecular formula is C26H23N5O. The van der Waals surface area contributed by atoms with E-state index in [4.69, 9.17) is 15.7 Å². The van der Waals surface area contributed by atoms with Gasteiger partial charge in [0.15, 0.2) is 11.6 Å². The molecule has 0 bridgehead atoms. The molecule has 1 aliphatic rings. The molecule has 3 aromatic carbocycles. The number of rotatable bonds is 6. The minimum atomic E-state index is -0.483. The number of anilines is 2. The highest BCUT2D eigenvalue weighted by Gasteiger charge is 2.13. The normalized spacial score (nSPS) is 13.2. The predicted molar refractivity (Wildman–Crippen MR) is 128 cm³/mol. The summed E-state index contributed by atoms with van der Waals surface area (Å²) in [5.41, 5.74) is 11.6. The summed E-state index contributed by atoms with van der Waals surface area (Å²) in [5, 5.41) is 4.40. The number of Topliss-reactive ketones (excluding diaryl/α,β-unsaturated/α-hetero) is 1. The first-order chi connectivity index (χ1) is 15.6. The van der Waals surface area contributed by atoms with Gasteiger partial charge in [0.05, 0.1) is 18.1 Å². The summed E-state index contributed by atoms with van der Waals surface area (Å²) in [4.78, 5) is 26.1. The lowest BCUT2D eigenvalue weighted by Gasteiger charge is -2.12. The van der Waals surface area contributed by atoms with Gasteiger partial charge in [-0.05, 0) is 53.9 Å². The molecule has 2 heterocycles. The van der Waals surface area contributed by atoms with Crippen LogP contribution in [0.25, 0.3) is 22.3 Å². The Balaban J connectivity index is 1.54. The van der Waals surface area contributed by atoms with Crippen LogP contribution in [-0.4, -0.2) is 28.0 Å². The van der Waals surface area contributed by atoms with Gasteiger partial charge in [0.1, 0.15) is 5.82 Å². The zero-order valence-corrected chi connectivity index (χ0v) is 17.7. The third-order valence-electron chi connectivity index (χ3n) is 5.58. The number of nitrogens with two attached hydrogens (primary N) is 1. The van der Waals surface area contributed by atoms with Gasteiger partial charge < -0.3 is 11.1 Å². The van der Waals surface area contributed by atoms with Crippen LogP contribution in [-0.2, 0) is 17.8 Å². The number of aliphatic imine (C=N–C) groups is 1. The Bertz CT molecular complexity index is 1360. The Morgan fingerprint density at radius 2 is 1.94 bits per heavy atom. The number of hydrogen-bond acceptors (Lipinski definition) is 6. The number of para-hydroxylation sites is 1. The Morgan fingerprint density at radius 1 is 1.06 bits per heavy atom. The molecule has 5 rings (SSSR count). The fraction of sp³-hybridized carbons (Fsp3) is 0.154. The van der Waals surface area contributed by atoms with E-state index in [9.17, 15) is 4.79 Å². The van der Waals surface area contributed by atoms with E-state index >= 15 is 0 Å². The highest BCUT2D eigenvalue weighted by atomic mass is 16.1. The first-order valence-electron chi connectivity index (χ1n) is 10.6. The van der Waals surface area contributed by atoms with Crippen molar-refractivity contribution in [2.45, 2.75) is 25.9 Å². The van der Waals surface area contributed by atoms with Crippen LogP contribution < -0.4 is 11.1 Å². The second kappa shape index (κ2) is 8.32. The van der Waals surface area contributed by atoms with Crippen molar-refractivity contribution >= 4 is 34.4 Å². The average Bonchev–Trinajstić information content (AvgIpc) is 3.27. The molecule has 1 aromatic heterocycles. The summed E-state index contributed by atoms with van der Waals surface area (Å²) in [6, 6.07) is 21.4. The van der Waals surface area contributed by atoms with Gasteiger partial charge in [-0.3, -0.25) is 9.79 Å². The maximum atomic E-state index is 12.1. The maximum absolute atomic E-state index is 12.1. The molecule has 0 fully saturated rings. The van der Waals surface area contributed by atoms with Crippen molar-refractivity contribution in [2.24, 2.45) is 10.7 Å². The first kappa shape index (κ1) is 20.0. The van der Waals surface area contributed by atoms with Crippen molar-refractivity contribution in [1.29, 1.82) is 0 Å². The van der Waals surface area contributed by atoms with Crippen LogP contribution in [0.3, 0.4) is 0 Å². The van der Waals surface area contributed by atoms with Crippen LogP contribution in [0.15, 0.2) is 71.7 Å². The Labute approximate surface area is 186 Å². The minimum absolute atomic E-state index is 0.00378. The molecular weight excluding hydrogens is 398 g/mol. The lowest BCUT2D eigenvalue weighted by atomic mass is 10.0. The zero-order valence-electron chi connectivity index (χ0n) is 17.7. The standard InChI is InChI=1S/C26H23N5O/c1-16(27)24(32)12-17-5-4-6-18(11-17)25-30-23-8-3-2-7-22(23)26(31-25)29-21-10-9-19-14-28-15-20(19)13-21/h2-11,13,15-16H,12,14,27H2,1H3,(H,29,30,31)/t16-/m1/s1. The lowest BCUT2D eigenvalue weighted by molar-refractivity contribution is -0.119. The molecule has 1 atom stereocenters. The van der Waals surface area contributed by atoms with E-state index in [0.717, 1.165) is 45.6 Å². The molecule has 0 saturated carbocycles. The summed E-state index contributed by atoms with van der Waals surface area (Å²) in [7, 11) is 0. The summed E-state index contributed by atoms with van der Waals surface area (Å²) in [5.74, 6) is 1.34. The van der Waals surface area contributed by atoms with Gasteiger partial charge in [0.2, 0.25) is 0 Å². The molecule has 0 saturated heterocycles. The van der Waals surface area contributed by atoms with Crippen molar-refractivity contribution in [3.63, 3.8) is 0 Å². The first-order valence-corrected chi connectivity index (χ1v) is 10.6. The summed E-state index contributed by atoms with van der Waals surface area (Å²) in [6.07, 6.45) is 2.19. The number of aromatic nitrogens is 2. The number of benzene rings is 3. The van der Waals surface area contributed by atoms with E-state index in [1.54, 1.807) is 6.92 Å². The second-order valence-corrected chi connectivity index (χ2v) is 8.05. The highest BCUT2D eigenvalue weighted by Crippen LogP contribution is 2.29. The number of nitrogens with zero attached hydrogens (tertiary/aromatic N) is 3. The van der Waals surface area contributed by atoms with Gasteiger partial charge in [-0.2, -0.15) is 0 Å². The molecule has 3 N–H and O–H groups in total. The van der Waals surface area contributed by atoms with Crippen LogP contribution >= 0.6 is 0 Å². The maximum Gasteiger partial charge on any atom is 0.162 e. The summed E-state index contributed by atoms with van der Waals surface area (Å²) < 4.78 is 0. The van der Waals surface area contributed by atoms with Crippen molar-refractivity contribution in [1.82, 2.24) is 9.97 Å². The van der Waals surface area contributed by atoms with Crippen molar-refractivity contribution in [3.05, 3.63) is 83.4 Å². The summed E-state index contributed by atoms with van der Waals surface area (Å²) in [6.45, 7) is 2.44. The lowest BCUT2D eigenvalue weighted by Crippen LogP contribution is -2.28. The van der Waals surface area contributed by atoms with E-state index in [1.165, 1.54) is 5.56 Å². The SMILES string of the molecule is C[C@@H](N)C(=O)Cc1cccc(-c2nc(Nc3ccc4c(c3)C=NC4)c3ccccc3n2)c1. The van der Waals surface area contributed by atoms with E-state index in [-0.39, 0.29) is 5.78 Å². The van der Waals surface area contributed by atoms with Gasteiger partial charge in [0.25, 0.3) is 0 Å². The quantitative estimate of drug-likeness (QED) is 0.480. The number of carbonyl (C=O) groups is 1. The van der Waals surface area contributed by atoms with Crippen molar-refractivity contribution in [2.75, 3.05) is 5.32 Å². The van der Waals surface area contributed by atoms with Crippen molar-refractivity contribution < 1.29 is 4.79 Å². The molecule has 0 radical (unpaired) electrons. The number of nitrogens with one attached hydrogen (secondary N) is 1. The van der Waals surface area contributed by atoms with Crippen LogP contribution in [0.4, 0.5) is 11.5 Å². The van der Waals surface area contributed by atoms with Gasteiger partial charge in [-0.15, -0.1) is 0 Å². The average molecular weight is 422 g/mol. The number of ketones is 1. The van der Waals surface area contributed by atoms with Gasteiger partial charge in [-0.25, -0.2) is 9.97 Å². The zero-order chi connectivity index (χ0) is 22.1. The topological polar surface area (TPSA) is 93.3 Å². The molecule has 6 nitrogen and oxygen atoms in total. The van der Waals surface area contributed by atoms with Crippen molar-refractivity contribution in [3.8, 4) is 11.4 Å². The van der Waals surface area contributed by atoms with E-state index in [0.29, 0.717) is 12.2 Å².